The third kappa shape index (κ3) is 39.0. The fourth-order valence-corrected chi connectivity index (χ4v) is 7.26. The molecule has 0 spiro atoms. The first-order valence-corrected chi connectivity index (χ1v) is 24.1. The van der Waals surface area contributed by atoms with Crippen LogP contribution in [-0.4, -0.2) is 47.8 Å². The number of nitrogens with one attached hydrogen (secondary N) is 1. The van der Waals surface area contributed by atoms with Crippen LogP contribution in [0, 0.1) is 0 Å². The van der Waals surface area contributed by atoms with Gasteiger partial charge in [0.05, 0.1) is 25.4 Å². The molecule has 9 heteroatoms. The molecule has 0 aromatic rings. The number of hydrogen-bond acceptors (Lipinski definition) is 6. The molecule has 0 bridgehead atoms. The van der Waals surface area contributed by atoms with Crippen molar-refractivity contribution in [1.82, 2.24) is 5.32 Å². The van der Waals surface area contributed by atoms with Crippen LogP contribution in [0.25, 0.3) is 0 Å². The molecule has 0 radical (unpaired) electrons. The molecule has 3 atom stereocenters. The number of nitrogens with two attached hydrogens (primary N) is 1. The Hall–Kier alpha value is -1.28. The summed E-state index contributed by atoms with van der Waals surface area (Å²) in [5, 5.41) is 13.6. The lowest BCUT2D eigenvalue weighted by Gasteiger charge is -2.23. The van der Waals surface area contributed by atoms with E-state index in [1.54, 1.807) is 6.08 Å². The quantitative estimate of drug-likeness (QED) is 0.0275. The minimum atomic E-state index is -4.34. The zero-order valence-corrected chi connectivity index (χ0v) is 36.1. The highest BCUT2D eigenvalue weighted by Gasteiger charge is 2.26. The summed E-state index contributed by atoms with van der Waals surface area (Å²) >= 11 is 0. The van der Waals surface area contributed by atoms with Crippen LogP contribution in [0.1, 0.15) is 213 Å². The number of allylic oxidation sites excluding steroid dienone is 5. The first kappa shape index (κ1) is 52.7. The molecule has 0 saturated heterocycles. The Morgan fingerprint density at radius 1 is 0.593 bits per heavy atom. The molecule has 0 saturated carbocycles. The average molecular weight is 783 g/mol. The number of phosphoric ester groups is 1. The van der Waals surface area contributed by atoms with Crippen LogP contribution in [0.2, 0.25) is 0 Å². The van der Waals surface area contributed by atoms with E-state index < -0.39 is 20.0 Å². The SMILES string of the molecule is CCCCCCCC/C=C/CC/C=C/C(O)C(COP(=O)(O)OCCN)NC(=O)CCCCCCCCCCCCC/C=C\CCCCCCCCCC. The Morgan fingerprint density at radius 3 is 1.43 bits per heavy atom. The number of carbonyl (C=O) groups excluding carboxylic acids is 1. The minimum absolute atomic E-state index is 0.0740. The van der Waals surface area contributed by atoms with Crippen molar-refractivity contribution in [1.29, 1.82) is 0 Å². The maximum atomic E-state index is 12.8. The van der Waals surface area contributed by atoms with E-state index in [0.717, 1.165) is 38.5 Å². The van der Waals surface area contributed by atoms with Gasteiger partial charge < -0.3 is 21.1 Å². The number of unbranched alkanes of at least 4 members (excludes halogenated alkanes) is 26. The van der Waals surface area contributed by atoms with Crippen LogP contribution in [0.5, 0.6) is 0 Å². The first-order chi connectivity index (χ1) is 26.4. The molecular formula is C45H87N2O6P. The molecule has 0 rings (SSSR count). The molecule has 318 valence electrons. The highest BCUT2D eigenvalue weighted by atomic mass is 31.2. The molecule has 0 heterocycles. The van der Waals surface area contributed by atoms with Gasteiger partial charge in [0.15, 0.2) is 0 Å². The zero-order valence-electron chi connectivity index (χ0n) is 35.2. The molecule has 0 aliphatic carbocycles. The van der Waals surface area contributed by atoms with Crippen molar-refractivity contribution in [2.45, 2.75) is 225 Å². The van der Waals surface area contributed by atoms with Crippen LogP contribution in [-0.2, 0) is 18.4 Å². The normalized spacial score (nSPS) is 14.4. The molecule has 0 aromatic heterocycles. The second-order valence-corrected chi connectivity index (χ2v) is 16.7. The van der Waals surface area contributed by atoms with Crippen molar-refractivity contribution in [3.05, 3.63) is 36.5 Å². The van der Waals surface area contributed by atoms with Gasteiger partial charge in [0.25, 0.3) is 0 Å². The third-order valence-corrected chi connectivity index (χ3v) is 10.9. The number of amides is 1. The second kappa shape index (κ2) is 41.4. The van der Waals surface area contributed by atoms with Crippen molar-refractivity contribution in [3.63, 3.8) is 0 Å². The summed E-state index contributed by atoms with van der Waals surface area (Å²) in [5.74, 6) is -0.205. The second-order valence-electron chi connectivity index (χ2n) is 15.2. The molecule has 0 aliphatic heterocycles. The van der Waals surface area contributed by atoms with Crippen molar-refractivity contribution in [2.24, 2.45) is 5.73 Å². The highest BCUT2D eigenvalue weighted by molar-refractivity contribution is 7.47. The Balaban J connectivity index is 4.10. The third-order valence-electron chi connectivity index (χ3n) is 9.94. The van der Waals surface area contributed by atoms with Crippen molar-refractivity contribution < 1.29 is 28.4 Å². The number of aliphatic hydroxyl groups is 1. The van der Waals surface area contributed by atoms with Crippen molar-refractivity contribution in [2.75, 3.05) is 19.8 Å². The van der Waals surface area contributed by atoms with Gasteiger partial charge in [-0.15, -0.1) is 0 Å². The highest BCUT2D eigenvalue weighted by Crippen LogP contribution is 2.43. The monoisotopic (exact) mass is 783 g/mol. The standard InChI is InChI=1S/C45H87N2O6P/c1-3-5-7-9-11-13-15-17-18-19-20-21-22-23-24-25-26-27-29-31-33-35-37-39-45(49)47-43(42-53-54(50,51)52-41-40-46)44(48)38-36-34-32-30-28-16-14-12-10-8-6-4-2/h19-20,28,30,36,38,43-44,48H,3-18,21-27,29,31-35,37,39-42,46H2,1-2H3,(H,47,49)(H,50,51)/b20-19-,30-28+,38-36+. The summed E-state index contributed by atoms with van der Waals surface area (Å²) < 4.78 is 22.1. The van der Waals surface area contributed by atoms with Crippen LogP contribution in [0.4, 0.5) is 0 Å². The van der Waals surface area contributed by atoms with Crippen LogP contribution in [0.15, 0.2) is 36.5 Å². The lowest BCUT2D eigenvalue weighted by molar-refractivity contribution is -0.123. The number of carbonyl (C=O) groups is 1. The Morgan fingerprint density at radius 2 is 0.981 bits per heavy atom. The topological polar surface area (TPSA) is 131 Å². The van der Waals surface area contributed by atoms with E-state index in [4.69, 9.17) is 14.8 Å². The molecule has 8 nitrogen and oxygen atoms in total. The smallest absolute Gasteiger partial charge is 0.387 e. The van der Waals surface area contributed by atoms with E-state index in [0.29, 0.717) is 6.42 Å². The summed E-state index contributed by atoms with van der Waals surface area (Å²) in [5.41, 5.74) is 5.37. The maximum Gasteiger partial charge on any atom is 0.472 e. The van der Waals surface area contributed by atoms with Crippen LogP contribution in [0.3, 0.4) is 0 Å². The number of aliphatic hydroxyl groups excluding tert-OH is 1. The van der Waals surface area contributed by atoms with Gasteiger partial charge in [0.2, 0.25) is 5.91 Å². The summed E-state index contributed by atoms with van der Waals surface area (Å²) in [6, 6.07) is -0.875. The van der Waals surface area contributed by atoms with Gasteiger partial charge in [0, 0.05) is 13.0 Å². The van der Waals surface area contributed by atoms with Gasteiger partial charge in [-0.2, -0.15) is 0 Å². The number of rotatable bonds is 42. The van der Waals surface area contributed by atoms with Gasteiger partial charge in [-0.1, -0.05) is 185 Å². The summed E-state index contributed by atoms with van der Waals surface area (Å²) in [4.78, 5) is 22.7. The van der Waals surface area contributed by atoms with E-state index in [9.17, 15) is 19.4 Å². The predicted octanol–water partition coefficient (Wildman–Crippen LogP) is 12.7. The molecule has 3 unspecified atom stereocenters. The molecule has 0 aromatic carbocycles. The van der Waals surface area contributed by atoms with Crippen molar-refractivity contribution >= 4 is 13.7 Å². The number of phosphoric acid groups is 1. The average Bonchev–Trinajstić information content (AvgIpc) is 3.16. The Kier molecular flexibility index (Phi) is 40.4. The minimum Gasteiger partial charge on any atom is -0.387 e. The van der Waals surface area contributed by atoms with Crippen molar-refractivity contribution in [3.8, 4) is 0 Å². The van der Waals surface area contributed by atoms with E-state index in [1.807, 2.05) is 6.08 Å². The molecule has 54 heavy (non-hydrogen) atoms. The maximum absolute atomic E-state index is 12.8. The molecular weight excluding hydrogens is 695 g/mol. The van der Waals surface area contributed by atoms with Gasteiger partial charge in [-0.25, -0.2) is 4.57 Å². The fourth-order valence-electron chi connectivity index (χ4n) is 6.50. The van der Waals surface area contributed by atoms with E-state index >= 15 is 0 Å². The predicted molar refractivity (Wildman–Crippen MR) is 231 cm³/mol. The molecule has 0 aliphatic rings. The van der Waals surface area contributed by atoms with Gasteiger partial charge in [-0.05, 0) is 57.8 Å². The lowest BCUT2D eigenvalue weighted by atomic mass is 10.0. The van der Waals surface area contributed by atoms with E-state index in [-0.39, 0.29) is 25.7 Å². The fraction of sp³-hybridized carbons (Fsp3) is 0.844. The lowest BCUT2D eigenvalue weighted by Crippen LogP contribution is -2.45. The first-order valence-electron chi connectivity index (χ1n) is 22.6. The largest absolute Gasteiger partial charge is 0.472 e. The Labute approximate surface area is 333 Å². The van der Waals surface area contributed by atoms with E-state index in [2.05, 4.69) is 43.5 Å². The Bertz CT molecular complexity index is 943. The van der Waals surface area contributed by atoms with Crippen LogP contribution >= 0.6 is 7.82 Å². The van der Waals surface area contributed by atoms with Crippen LogP contribution < -0.4 is 11.1 Å². The number of hydrogen-bond donors (Lipinski definition) is 4. The molecule has 1 amide bonds. The summed E-state index contributed by atoms with van der Waals surface area (Å²) in [6.45, 7) is 4.10. The zero-order chi connectivity index (χ0) is 39.6. The van der Waals surface area contributed by atoms with Gasteiger partial charge in [0.1, 0.15) is 0 Å². The van der Waals surface area contributed by atoms with E-state index in [1.165, 1.54) is 154 Å². The van der Waals surface area contributed by atoms with Gasteiger partial charge >= 0.3 is 7.82 Å². The van der Waals surface area contributed by atoms with Gasteiger partial charge in [-0.3, -0.25) is 13.8 Å². The molecule has 0 fully saturated rings. The summed E-state index contributed by atoms with van der Waals surface area (Å²) in [6.07, 6.45) is 49.2. The molecule has 5 N–H and O–H groups in total. The summed E-state index contributed by atoms with van der Waals surface area (Å²) in [7, 11) is -4.34.